The zero-order valence-corrected chi connectivity index (χ0v) is 12.6. The molecule has 2 nitrogen and oxygen atoms in total. The van der Waals surface area contributed by atoms with Crippen molar-refractivity contribution >= 4 is 5.78 Å². The Balaban J connectivity index is 1.92. The Kier molecular flexibility index (Phi) is 3.94. The molecular formula is C20H15FO2. The Morgan fingerprint density at radius 2 is 1.22 bits per heavy atom. The van der Waals surface area contributed by atoms with Gasteiger partial charge in [-0.1, -0.05) is 42.5 Å². The molecule has 23 heavy (non-hydrogen) atoms. The van der Waals surface area contributed by atoms with Crippen molar-refractivity contribution in [2.75, 3.05) is 0 Å². The first-order chi connectivity index (χ1) is 11.0. The first-order valence-electron chi connectivity index (χ1n) is 7.25. The fourth-order valence-electron chi connectivity index (χ4n) is 2.49. The highest BCUT2D eigenvalue weighted by Crippen LogP contribution is 2.27. The van der Waals surface area contributed by atoms with Crippen LogP contribution in [0.3, 0.4) is 0 Å². The van der Waals surface area contributed by atoms with Gasteiger partial charge in [0.1, 0.15) is 11.6 Å². The molecule has 0 aliphatic carbocycles. The van der Waals surface area contributed by atoms with Gasteiger partial charge in [0.15, 0.2) is 5.78 Å². The van der Waals surface area contributed by atoms with E-state index in [1.807, 2.05) is 36.4 Å². The minimum atomic E-state index is -0.502. The smallest absolute Gasteiger partial charge is 0.162 e. The fourth-order valence-corrected chi connectivity index (χ4v) is 2.49. The summed E-state index contributed by atoms with van der Waals surface area (Å²) in [4.78, 5) is 11.3. The molecule has 0 amide bonds. The lowest BCUT2D eigenvalue weighted by Crippen LogP contribution is -1.96. The van der Waals surface area contributed by atoms with Crippen LogP contribution < -0.4 is 0 Å². The summed E-state index contributed by atoms with van der Waals surface area (Å²) in [6.45, 7) is 1.35. The second-order valence-corrected chi connectivity index (χ2v) is 5.38. The van der Waals surface area contributed by atoms with Crippen LogP contribution in [-0.2, 0) is 0 Å². The van der Waals surface area contributed by atoms with Crippen LogP contribution >= 0.6 is 0 Å². The third-order valence-corrected chi connectivity index (χ3v) is 3.77. The number of hydrogen-bond acceptors (Lipinski definition) is 2. The van der Waals surface area contributed by atoms with Gasteiger partial charge in [-0.3, -0.25) is 4.79 Å². The zero-order valence-electron chi connectivity index (χ0n) is 12.6. The van der Waals surface area contributed by atoms with Gasteiger partial charge in [0.25, 0.3) is 0 Å². The van der Waals surface area contributed by atoms with E-state index in [-0.39, 0.29) is 17.1 Å². The number of benzene rings is 3. The summed E-state index contributed by atoms with van der Waals surface area (Å²) < 4.78 is 13.9. The van der Waals surface area contributed by atoms with Gasteiger partial charge in [-0.05, 0) is 53.4 Å². The first kappa shape index (κ1) is 15.0. The van der Waals surface area contributed by atoms with Gasteiger partial charge in [0, 0.05) is 0 Å². The van der Waals surface area contributed by atoms with Crippen LogP contribution in [0.2, 0.25) is 0 Å². The number of carbonyl (C=O) groups excluding carboxylic acids is 1. The molecule has 0 saturated carbocycles. The van der Waals surface area contributed by atoms with Crippen molar-refractivity contribution in [3.63, 3.8) is 0 Å². The molecule has 0 aromatic heterocycles. The third-order valence-electron chi connectivity index (χ3n) is 3.77. The average molecular weight is 306 g/mol. The van der Waals surface area contributed by atoms with Gasteiger partial charge in [0.05, 0.1) is 5.56 Å². The highest BCUT2D eigenvalue weighted by Gasteiger charge is 2.09. The predicted octanol–water partition coefficient (Wildman–Crippen LogP) is 5.07. The van der Waals surface area contributed by atoms with Crippen molar-refractivity contribution in [1.29, 1.82) is 0 Å². The maximum atomic E-state index is 13.9. The van der Waals surface area contributed by atoms with Crippen LogP contribution in [0.15, 0.2) is 66.7 Å². The number of carbonyl (C=O) groups is 1. The van der Waals surface area contributed by atoms with Crippen LogP contribution in [-0.4, -0.2) is 10.9 Å². The molecule has 3 aromatic rings. The lowest BCUT2D eigenvalue weighted by atomic mass is 9.99. The summed E-state index contributed by atoms with van der Waals surface area (Å²) in [6.07, 6.45) is 0. The lowest BCUT2D eigenvalue weighted by Gasteiger charge is -2.07. The van der Waals surface area contributed by atoms with Crippen molar-refractivity contribution in [3.8, 4) is 28.0 Å². The molecule has 0 radical (unpaired) electrons. The molecule has 0 aliphatic rings. The average Bonchev–Trinajstić information content (AvgIpc) is 2.55. The summed E-state index contributed by atoms with van der Waals surface area (Å²) >= 11 is 0. The monoisotopic (exact) mass is 306 g/mol. The van der Waals surface area contributed by atoms with E-state index < -0.39 is 5.82 Å². The van der Waals surface area contributed by atoms with E-state index in [0.717, 1.165) is 22.3 Å². The van der Waals surface area contributed by atoms with E-state index in [2.05, 4.69) is 0 Å². The Hall–Kier alpha value is -2.94. The summed E-state index contributed by atoms with van der Waals surface area (Å²) in [5.41, 5.74) is 3.71. The topological polar surface area (TPSA) is 37.3 Å². The number of halogens is 1. The number of ketones is 1. The molecule has 0 heterocycles. The van der Waals surface area contributed by atoms with Crippen molar-refractivity contribution in [1.82, 2.24) is 0 Å². The Morgan fingerprint density at radius 1 is 0.783 bits per heavy atom. The maximum Gasteiger partial charge on any atom is 0.162 e. The van der Waals surface area contributed by atoms with Crippen molar-refractivity contribution in [2.24, 2.45) is 0 Å². The van der Waals surface area contributed by atoms with Gasteiger partial charge in [0.2, 0.25) is 0 Å². The van der Waals surface area contributed by atoms with Crippen LogP contribution in [0.25, 0.3) is 22.3 Å². The van der Waals surface area contributed by atoms with Crippen LogP contribution in [0.5, 0.6) is 5.75 Å². The van der Waals surface area contributed by atoms with E-state index in [0.29, 0.717) is 0 Å². The third kappa shape index (κ3) is 3.14. The molecule has 0 spiro atoms. The molecule has 0 fully saturated rings. The lowest BCUT2D eigenvalue weighted by molar-refractivity contribution is 0.101. The molecule has 3 rings (SSSR count). The highest BCUT2D eigenvalue weighted by molar-refractivity contribution is 5.94. The summed E-state index contributed by atoms with van der Waals surface area (Å²) in [5, 5.41) is 9.32. The minimum absolute atomic E-state index is 0.106. The van der Waals surface area contributed by atoms with Crippen molar-refractivity contribution < 1.29 is 14.3 Å². The molecule has 1 N–H and O–H groups in total. The number of phenolic OH excluding ortho intramolecular Hbond substituents is 1. The summed E-state index contributed by atoms with van der Waals surface area (Å²) in [5.74, 6) is -0.555. The predicted molar refractivity (Wildman–Crippen MR) is 88.9 cm³/mol. The number of aromatic hydroxyl groups is 1. The highest BCUT2D eigenvalue weighted by atomic mass is 19.1. The molecule has 0 saturated heterocycles. The van der Waals surface area contributed by atoms with Crippen LogP contribution in [0.4, 0.5) is 4.39 Å². The van der Waals surface area contributed by atoms with E-state index in [1.165, 1.54) is 19.1 Å². The number of Topliss-reactive ketones (excluding diaryl/α,β-unsaturated/α-hetero) is 1. The van der Waals surface area contributed by atoms with Crippen molar-refractivity contribution in [2.45, 2.75) is 6.92 Å². The molecule has 0 aliphatic heterocycles. The van der Waals surface area contributed by atoms with E-state index in [9.17, 15) is 14.3 Å². The molecule has 114 valence electrons. The molecule has 0 unspecified atom stereocenters. The maximum absolute atomic E-state index is 13.9. The number of hydrogen-bond donors (Lipinski definition) is 1. The van der Waals surface area contributed by atoms with E-state index >= 15 is 0 Å². The van der Waals surface area contributed by atoms with Gasteiger partial charge in [-0.15, -0.1) is 0 Å². The van der Waals surface area contributed by atoms with Gasteiger partial charge < -0.3 is 5.11 Å². The first-order valence-corrected chi connectivity index (χ1v) is 7.25. The largest absolute Gasteiger partial charge is 0.508 e. The summed E-state index contributed by atoms with van der Waals surface area (Å²) in [6, 6.07) is 19.3. The van der Waals surface area contributed by atoms with Gasteiger partial charge >= 0.3 is 0 Å². The normalized spacial score (nSPS) is 10.5. The molecular weight excluding hydrogens is 291 g/mol. The standard InChI is InChI=1S/C20H15FO2/c1-13(22)19-11-8-17(12-20(19)21)16-4-2-14(3-5-16)15-6-9-18(23)10-7-15/h2-12,23H,1H3. The second-order valence-electron chi connectivity index (χ2n) is 5.38. The second kappa shape index (κ2) is 6.05. The number of phenols is 1. The number of rotatable bonds is 3. The van der Waals surface area contributed by atoms with E-state index in [1.54, 1.807) is 18.2 Å². The minimum Gasteiger partial charge on any atom is -0.508 e. The van der Waals surface area contributed by atoms with E-state index in [4.69, 9.17) is 0 Å². The van der Waals surface area contributed by atoms with Gasteiger partial charge in [-0.2, -0.15) is 0 Å². The van der Waals surface area contributed by atoms with Crippen LogP contribution in [0, 0.1) is 5.82 Å². The molecule has 3 aromatic carbocycles. The molecule has 0 bridgehead atoms. The fraction of sp³-hybridized carbons (Fsp3) is 0.0500. The summed E-state index contributed by atoms with van der Waals surface area (Å²) in [7, 11) is 0. The zero-order chi connectivity index (χ0) is 16.4. The Bertz CT molecular complexity index is 850. The van der Waals surface area contributed by atoms with Crippen LogP contribution in [0.1, 0.15) is 17.3 Å². The Morgan fingerprint density at radius 3 is 1.70 bits per heavy atom. The molecule has 0 atom stereocenters. The SMILES string of the molecule is CC(=O)c1ccc(-c2ccc(-c3ccc(O)cc3)cc2)cc1F. The van der Waals surface area contributed by atoms with Gasteiger partial charge in [-0.25, -0.2) is 4.39 Å². The quantitative estimate of drug-likeness (QED) is 0.686. The molecule has 3 heteroatoms. The Labute approximate surface area is 133 Å². The van der Waals surface area contributed by atoms with Crippen molar-refractivity contribution in [3.05, 3.63) is 78.1 Å².